The van der Waals surface area contributed by atoms with Crippen molar-refractivity contribution in [1.29, 1.82) is 0 Å². The zero-order chi connectivity index (χ0) is 16.0. The number of esters is 1. The molecule has 0 saturated carbocycles. The van der Waals surface area contributed by atoms with E-state index >= 15 is 0 Å². The summed E-state index contributed by atoms with van der Waals surface area (Å²) in [5, 5.41) is 9.10. The first-order valence-corrected chi connectivity index (χ1v) is 7.99. The quantitative estimate of drug-likeness (QED) is 0.741. The van der Waals surface area contributed by atoms with Crippen LogP contribution in [0.3, 0.4) is 0 Å². The van der Waals surface area contributed by atoms with Crippen LogP contribution in [-0.2, 0) is 14.3 Å². The normalized spacial score (nSPS) is 21.2. The molecule has 1 aliphatic rings. The largest absolute Gasteiger partial charge is 0.480 e. The van der Waals surface area contributed by atoms with Gasteiger partial charge in [0.1, 0.15) is 12.6 Å². The molecule has 1 aliphatic heterocycles. The minimum absolute atomic E-state index is 0.160. The molecular weight excluding hydrogens is 296 g/mol. The highest BCUT2D eigenvalue weighted by molar-refractivity contribution is 8.00. The lowest BCUT2D eigenvalue weighted by molar-refractivity contribution is -0.141. The highest BCUT2D eigenvalue weighted by Gasteiger charge is 2.42. The van der Waals surface area contributed by atoms with Crippen LogP contribution in [0.1, 0.15) is 26.7 Å². The lowest BCUT2D eigenvalue weighted by atomic mass is 10.2. The zero-order valence-corrected chi connectivity index (χ0v) is 13.4. The Bertz CT molecular complexity index is 404. The fraction of sp³-hybridized carbons (Fsp3) is 0.769. The maximum atomic E-state index is 12.6. The predicted molar refractivity (Wildman–Crippen MR) is 79.1 cm³/mol. The first kappa shape index (κ1) is 17.6. The second kappa shape index (κ2) is 8.11. The van der Waals surface area contributed by atoms with Crippen LogP contribution in [0, 0.1) is 0 Å². The van der Waals surface area contributed by atoms with Crippen molar-refractivity contribution in [3.8, 4) is 0 Å². The van der Waals surface area contributed by atoms with E-state index in [1.54, 1.807) is 0 Å². The van der Waals surface area contributed by atoms with Gasteiger partial charge in [0.05, 0.1) is 12.5 Å². The standard InChI is InChI=1S/C13H22N2O5S/c1-4-6-14(7-11(16)20-3)13(19)15-9(12(17)18)8-21-10(15)5-2/h9-10H,4-8H2,1-3H3,(H,17,18). The van der Waals surface area contributed by atoms with Gasteiger partial charge in [-0.2, -0.15) is 0 Å². The van der Waals surface area contributed by atoms with Gasteiger partial charge in [0.25, 0.3) is 0 Å². The maximum Gasteiger partial charge on any atom is 0.327 e. The van der Waals surface area contributed by atoms with Crippen LogP contribution in [0.25, 0.3) is 0 Å². The molecule has 1 heterocycles. The van der Waals surface area contributed by atoms with E-state index in [1.165, 1.54) is 28.7 Å². The molecule has 2 amide bonds. The number of hydrogen-bond donors (Lipinski definition) is 1. The monoisotopic (exact) mass is 318 g/mol. The second-order valence-electron chi connectivity index (χ2n) is 4.74. The molecule has 1 rings (SSSR count). The van der Waals surface area contributed by atoms with E-state index in [0.717, 1.165) is 0 Å². The minimum Gasteiger partial charge on any atom is -0.480 e. The Hall–Kier alpha value is -1.44. The Kier molecular flexibility index (Phi) is 6.80. The molecule has 0 spiro atoms. The molecule has 120 valence electrons. The van der Waals surface area contributed by atoms with E-state index in [2.05, 4.69) is 4.74 Å². The number of rotatable bonds is 6. The third kappa shape index (κ3) is 4.26. The number of carbonyl (C=O) groups excluding carboxylic acids is 2. The molecule has 0 bridgehead atoms. The first-order chi connectivity index (χ1) is 9.96. The Morgan fingerprint density at radius 1 is 1.38 bits per heavy atom. The van der Waals surface area contributed by atoms with Crippen molar-refractivity contribution in [1.82, 2.24) is 9.80 Å². The fourth-order valence-corrected chi connectivity index (χ4v) is 3.56. The van der Waals surface area contributed by atoms with Crippen LogP contribution in [0.5, 0.6) is 0 Å². The molecule has 0 aliphatic carbocycles. The fourth-order valence-electron chi connectivity index (χ4n) is 2.22. The van der Waals surface area contributed by atoms with Crippen LogP contribution >= 0.6 is 11.8 Å². The summed E-state index contributed by atoms with van der Waals surface area (Å²) in [6.07, 6.45) is 1.34. The Labute approximate surface area is 128 Å². The van der Waals surface area contributed by atoms with Gasteiger partial charge in [0.15, 0.2) is 0 Å². The number of methoxy groups -OCH3 is 1. The van der Waals surface area contributed by atoms with Gasteiger partial charge < -0.3 is 14.7 Å². The Morgan fingerprint density at radius 3 is 2.52 bits per heavy atom. The van der Waals surface area contributed by atoms with E-state index < -0.39 is 24.0 Å². The van der Waals surface area contributed by atoms with Gasteiger partial charge in [-0.15, -0.1) is 11.8 Å². The number of carboxylic acid groups (broad SMARTS) is 1. The average Bonchev–Trinajstić information content (AvgIpc) is 2.89. The molecule has 7 nitrogen and oxygen atoms in total. The summed E-state index contributed by atoms with van der Waals surface area (Å²) >= 11 is 1.46. The van der Waals surface area contributed by atoms with Gasteiger partial charge in [-0.05, 0) is 12.8 Å². The van der Waals surface area contributed by atoms with Gasteiger partial charge in [-0.3, -0.25) is 9.69 Å². The number of aliphatic carboxylic acids is 1. The molecule has 1 saturated heterocycles. The van der Waals surface area contributed by atoms with Crippen molar-refractivity contribution < 1.29 is 24.2 Å². The van der Waals surface area contributed by atoms with Crippen molar-refractivity contribution >= 4 is 29.7 Å². The van der Waals surface area contributed by atoms with Crippen molar-refractivity contribution in [3.63, 3.8) is 0 Å². The zero-order valence-electron chi connectivity index (χ0n) is 12.6. The summed E-state index contributed by atoms with van der Waals surface area (Å²) in [7, 11) is 1.26. The van der Waals surface area contributed by atoms with Crippen LogP contribution in [0.2, 0.25) is 0 Å². The Balaban J connectivity index is 2.92. The van der Waals surface area contributed by atoms with Gasteiger partial charge in [0.2, 0.25) is 0 Å². The number of amides is 2. The minimum atomic E-state index is -1.01. The van der Waals surface area contributed by atoms with Gasteiger partial charge in [-0.1, -0.05) is 13.8 Å². The first-order valence-electron chi connectivity index (χ1n) is 6.94. The van der Waals surface area contributed by atoms with Crippen LogP contribution in [0.15, 0.2) is 0 Å². The SMILES string of the molecule is CCCN(CC(=O)OC)C(=O)N1C(CC)SCC1C(=O)O. The lowest BCUT2D eigenvalue weighted by Gasteiger charge is -2.32. The number of urea groups is 1. The summed E-state index contributed by atoms with van der Waals surface area (Å²) < 4.78 is 4.59. The number of nitrogens with zero attached hydrogens (tertiary/aromatic N) is 2. The van der Waals surface area contributed by atoms with Gasteiger partial charge in [-0.25, -0.2) is 9.59 Å². The molecule has 0 aromatic carbocycles. The summed E-state index contributed by atoms with van der Waals surface area (Å²) in [4.78, 5) is 38.1. The number of ether oxygens (including phenoxy) is 1. The van der Waals surface area contributed by atoms with E-state index in [-0.39, 0.29) is 11.9 Å². The van der Waals surface area contributed by atoms with Crippen LogP contribution < -0.4 is 0 Å². The van der Waals surface area contributed by atoms with Crippen molar-refractivity contribution in [3.05, 3.63) is 0 Å². The third-order valence-electron chi connectivity index (χ3n) is 3.26. The number of hydrogen-bond acceptors (Lipinski definition) is 5. The Morgan fingerprint density at radius 2 is 2.05 bits per heavy atom. The van der Waals surface area contributed by atoms with E-state index in [9.17, 15) is 19.5 Å². The molecule has 0 aromatic heterocycles. The lowest BCUT2D eigenvalue weighted by Crippen LogP contribution is -2.52. The summed E-state index contributed by atoms with van der Waals surface area (Å²) in [5.74, 6) is -1.15. The summed E-state index contributed by atoms with van der Waals surface area (Å²) in [5.41, 5.74) is 0. The molecule has 1 N–H and O–H groups in total. The van der Waals surface area contributed by atoms with Gasteiger partial charge >= 0.3 is 18.0 Å². The molecule has 0 aromatic rings. The second-order valence-corrected chi connectivity index (χ2v) is 5.95. The summed E-state index contributed by atoms with van der Waals surface area (Å²) in [6.45, 7) is 4.03. The average molecular weight is 318 g/mol. The third-order valence-corrected chi connectivity index (χ3v) is 4.71. The topological polar surface area (TPSA) is 87.2 Å². The molecule has 21 heavy (non-hydrogen) atoms. The maximum absolute atomic E-state index is 12.6. The van der Waals surface area contributed by atoms with E-state index in [0.29, 0.717) is 25.1 Å². The van der Waals surface area contributed by atoms with Crippen LogP contribution in [0.4, 0.5) is 4.79 Å². The molecule has 0 radical (unpaired) electrons. The van der Waals surface area contributed by atoms with Crippen LogP contribution in [-0.4, -0.2) is 70.2 Å². The highest BCUT2D eigenvalue weighted by atomic mass is 32.2. The summed E-state index contributed by atoms with van der Waals surface area (Å²) in [6, 6.07) is -1.25. The highest BCUT2D eigenvalue weighted by Crippen LogP contribution is 2.32. The molecule has 2 unspecified atom stereocenters. The predicted octanol–water partition coefficient (Wildman–Crippen LogP) is 1.23. The van der Waals surface area contributed by atoms with E-state index in [1.807, 2.05) is 13.8 Å². The molecular formula is C13H22N2O5S. The molecule has 8 heteroatoms. The smallest absolute Gasteiger partial charge is 0.327 e. The van der Waals surface area contributed by atoms with Crippen molar-refractivity contribution in [2.24, 2.45) is 0 Å². The molecule has 2 atom stereocenters. The van der Waals surface area contributed by atoms with Crippen molar-refractivity contribution in [2.75, 3.05) is 26.0 Å². The van der Waals surface area contributed by atoms with E-state index in [4.69, 9.17) is 0 Å². The number of carbonyl (C=O) groups is 3. The van der Waals surface area contributed by atoms with Crippen molar-refractivity contribution in [2.45, 2.75) is 38.1 Å². The van der Waals surface area contributed by atoms with Gasteiger partial charge in [0, 0.05) is 12.3 Å². The number of carboxylic acids is 1. The number of thioether (sulfide) groups is 1. The molecule has 1 fully saturated rings.